The van der Waals surface area contributed by atoms with Gasteiger partial charge in [0, 0.05) is 16.5 Å². The highest BCUT2D eigenvalue weighted by Crippen LogP contribution is 2.26. The van der Waals surface area contributed by atoms with Gasteiger partial charge in [-0.05, 0) is 29.8 Å². The Morgan fingerprint density at radius 1 is 1.16 bits per heavy atom. The molecule has 1 nitrogen and oxygen atoms in total. The minimum atomic E-state index is -1.12. The zero-order chi connectivity index (χ0) is 14.0. The molecule has 0 heterocycles. The quantitative estimate of drug-likeness (QED) is 0.801. The van der Waals surface area contributed by atoms with Crippen molar-refractivity contribution < 1.29 is 13.9 Å². The molecule has 2 rings (SSSR count). The van der Waals surface area contributed by atoms with Gasteiger partial charge in [0.1, 0.15) is 11.6 Å². The molecule has 0 fully saturated rings. The SMILES string of the molecule is OC(Cc1cccc(Br)c1)c1cc(F)c(Cl)cc1F. The zero-order valence-electron chi connectivity index (χ0n) is 9.71. The summed E-state index contributed by atoms with van der Waals surface area (Å²) >= 11 is 8.78. The van der Waals surface area contributed by atoms with Crippen LogP contribution < -0.4 is 0 Å². The Morgan fingerprint density at radius 2 is 1.89 bits per heavy atom. The van der Waals surface area contributed by atoms with E-state index in [1.165, 1.54) is 0 Å². The Morgan fingerprint density at radius 3 is 2.58 bits per heavy atom. The average molecular weight is 348 g/mol. The lowest BCUT2D eigenvalue weighted by Gasteiger charge is -2.13. The van der Waals surface area contributed by atoms with Gasteiger partial charge in [-0.1, -0.05) is 39.7 Å². The van der Waals surface area contributed by atoms with Crippen LogP contribution >= 0.6 is 27.5 Å². The second-order valence-corrected chi connectivity index (χ2v) is 5.46. The van der Waals surface area contributed by atoms with Crippen LogP contribution in [-0.4, -0.2) is 5.11 Å². The molecule has 0 bridgehead atoms. The van der Waals surface area contributed by atoms with Crippen molar-refractivity contribution in [2.24, 2.45) is 0 Å². The van der Waals surface area contributed by atoms with Crippen LogP contribution in [0.2, 0.25) is 5.02 Å². The third-order valence-electron chi connectivity index (χ3n) is 2.72. The van der Waals surface area contributed by atoms with E-state index < -0.39 is 17.7 Å². The van der Waals surface area contributed by atoms with Crippen LogP contribution in [0.25, 0.3) is 0 Å². The Kier molecular flexibility index (Phi) is 4.55. The summed E-state index contributed by atoms with van der Waals surface area (Å²) < 4.78 is 27.8. The Bertz CT molecular complexity index is 604. The molecule has 2 aromatic carbocycles. The van der Waals surface area contributed by atoms with Gasteiger partial charge in [-0.15, -0.1) is 0 Å². The molecule has 1 unspecified atom stereocenters. The van der Waals surface area contributed by atoms with Gasteiger partial charge in [-0.25, -0.2) is 8.78 Å². The van der Waals surface area contributed by atoms with E-state index in [0.717, 1.165) is 22.2 Å². The van der Waals surface area contributed by atoms with Crippen molar-refractivity contribution in [1.29, 1.82) is 0 Å². The summed E-state index contributed by atoms with van der Waals surface area (Å²) in [6.07, 6.45) is -0.932. The number of aliphatic hydroxyl groups is 1. The monoisotopic (exact) mass is 346 g/mol. The third-order valence-corrected chi connectivity index (χ3v) is 3.50. The highest BCUT2D eigenvalue weighted by molar-refractivity contribution is 9.10. The van der Waals surface area contributed by atoms with E-state index in [1.54, 1.807) is 6.07 Å². The summed E-state index contributed by atoms with van der Waals surface area (Å²) in [7, 11) is 0. The van der Waals surface area contributed by atoms with Gasteiger partial charge in [-0.3, -0.25) is 0 Å². The highest BCUT2D eigenvalue weighted by atomic mass is 79.9. The van der Waals surface area contributed by atoms with E-state index >= 15 is 0 Å². The molecule has 0 aliphatic carbocycles. The zero-order valence-corrected chi connectivity index (χ0v) is 12.0. The molecule has 0 radical (unpaired) electrons. The molecule has 0 saturated heterocycles. The molecule has 5 heteroatoms. The molecule has 100 valence electrons. The third kappa shape index (κ3) is 3.53. The Hall–Kier alpha value is -0.970. The van der Waals surface area contributed by atoms with Crippen molar-refractivity contribution in [3.8, 4) is 0 Å². The van der Waals surface area contributed by atoms with Crippen LogP contribution in [0.3, 0.4) is 0 Å². The van der Waals surface area contributed by atoms with Gasteiger partial charge in [-0.2, -0.15) is 0 Å². The first-order valence-corrected chi connectivity index (χ1v) is 6.71. The summed E-state index contributed by atoms with van der Waals surface area (Å²) in [5.41, 5.74) is 0.721. The Labute approximate surface area is 123 Å². The van der Waals surface area contributed by atoms with E-state index in [1.807, 2.05) is 18.2 Å². The molecule has 0 spiro atoms. The maximum Gasteiger partial charge on any atom is 0.142 e. The fourth-order valence-electron chi connectivity index (χ4n) is 1.79. The van der Waals surface area contributed by atoms with Crippen molar-refractivity contribution in [2.75, 3.05) is 0 Å². The van der Waals surface area contributed by atoms with Gasteiger partial charge >= 0.3 is 0 Å². The molecule has 0 aliphatic heterocycles. The number of rotatable bonds is 3. The predicted octanol–water partition coefficient (Wildman–Crippen LogP) is 4.66. The number of hydrogen-bond donors (Lipinski definition) is 1. The fourth-order valence-corrected chi connectivity index (χ4v) is 2.39. The number of halogens is 4. The van der Waals surface area contributed by atoms with Gasteiger partial charge in [0.05, 0.1) is 11.1 Å². The summed E-state index contributed by atoms with van der Waals surface area (Å²) in [6, 6.07) is 9.07. The van der Waals surface area contributed by atoms with Crippen LogP contribution in [-0.2, 0) is 6.42 Å². The lowest BCUT2D eigenvalue weighted by Crippen LogP contribution is -2.05. The van der Waals surface area contributed by atoms with E-state index in [2.05, 4.69) is 15.9 Å². The molecule has 0 amide bonds. The number of aliphatic hydroxyl groups excluding tert-OH is 1. The van der Waals surface area contributed by atoms with Crippen LogP contribution in [0, 0.1) is 11.6 Å². The number of benzene rings is 2. The molecular formula is C14H10BrClF2O. The minimum absolute atomic E-state index is 0.0955. The topological polar surface area (TPSA) is 20.2 Å². The molecule has 0 aliphatic rings. The van der Waals surface area contributed by atoms with Crippen molar-refractivity contribution in [1.82, 2.24) is 0 Å². The van der Waals surface area contributed by atoms with Gasteiger partial charge < -0.3 is 5.11 Å². The summed E-state index contributed by atoms with van der Waals surface area (Å²) in [5.74, 6) is -1.46. The molecule has 1 N–H and O–H groups in total. The lowest BCUT2D eigenvalue weighted by atomic mass is 10.0. The first-order chi connectivity index (χ1) is 8.97. The van der Waals surface area contributed by atoms with Crippen molar-refractivity contribution in [2.45, 2.75) is 12.5 Å². The fraction of sp³-hybridized carbons (Fsp3) is 0.143. The van der Waals surface area contributed by atoms with Crippen molar-refractivity contribution in [3.05, 3.63) is 68.7 Å². The summed E-state index contributed by atoms with van der Waals surface area (Å²) in [6.45, 7) is 0. The van der Waals surface area contributed by atoms with Gasteiger partial charge in [0.15, 0.2) is 0 Å². The maximum atomic E-state index is 13.6. The van der Waals surface area contributed by atoms with Gasteiger partial charge in [0.25, 0.3) is 0 Å². The molecule has 1 atom stereocenters. The molecule has 0 saturated carbocycles. The van der Waals surface area contributed by atoms with E-state index in [9.17, 15) is 13.9 Å². The second kappa shape index (κ2) is 5.99. The van der Waals surface area contributed by atoms with Gasteiger partial charge in [0.2, 0.25) is 0 Å². The van der Waals surface area contributed by atoms with E-state index in [4.69, 9.17) is 11.6 Å². The molecule has 2 aromatic rings. The summed E-state index contributed by atoms with van der Waals surface area (Å²) in [5, 5.41) is 9.70. The number of hydrogen-bond acceptors (Lipinski definition) is 1. The predicted molar refractivity (Wildman–Crippen MR) is 74.2 cm³/mol. The minimum Gasteiger partial charge on any atom is -0.388 e. The van der Waals surface area contributed by atoms with Crippen molar-refractivity contribution >= 4 is 27.5 Å². The van der Waals surface area contributed by atoms with Crippen LogP contribution in [0.15, 0.2) is 40.9 Å². The smallest absolute Gasteiger partial charge is 0.142 e. The second-order valence-electron chi connectivity index (χ2n) is 4.14. The maximum absolute atomic E-state index is 13.6. The lowest BCUT2D eigenvalue weighted by molar-refractivity contribution is 0.173. The summed E-state index contributed by atoms with van der Waals surface area (Å²) in [4.78, 5) is 0. The molecular weight excluding hydrogens is 338 g/mol. The van der Waals surface area contributed by atoms with E-state index in [0.29, 0.717) is 0 Å². The van der Waals surface area contributed by atoms with Crippen LogP contribution in [0.5, 0.6) is 0 Å². The normalized spacial score (nSPS) is 12.5. The molecule has 0 aromatic heterocycles. The van der Waals surface area contributed by atoms with Crippen molar-refractivity contribution in [3.63, 3.8) is 0 Å². The van der Waals surface area contributed by atoms with Crippen LogP contribution in [0.1, 0.15) is 17.2 Å². The standard InChI is InChI=1S/C14H10BrClF2O/c15-9-3-1-2-8(4-9)5-14(19)10-6-13(18)11(16)7-12(10)17/h1-4,6-7,14,19H,5H2. The average Bonchev–Trinajstić information content (AvgIpc) is 2.33. The highest BCUT2D eigenvalue weighted by Gasteiger charge is 2.16. The molecule has 19 heavy (non-hydrogen) atoms. The van der Waals surface area contributed by atoms with Crippen LogP contribution in [0.4, 0.5) is 8.78 Å². The Balaban J connectivity index is 2.25. The first kappa shape index (κ1) is 14.4. The largest absolute Gasteiger partial charge is 0.388 e. The van der Waals surface area contributed by atoms with E-state index in [-0.39, 0.29) is 17.0 Å². The first-order valence-electron chi connectivity index (χ1n) is 5.54.